The second-order valence-corrected chi connectivity index (χ2v) is 7.89. The second kappa shape index (κ2) is 10.8. The van der Waals surface area contributed by atoms with Crippen molar-refractivity contribution in [1.82, 2.24) is 9.97 Å². The van der Waals surface area contributed by atoms with Gasteiger partial charge in [-0.1, -0.05) is 66.4 Å². The van der Waals surface area contributed by atoms with Gasteiger partial charge in [0.15, 0.2) is 0 Å². The van der Waals surface area contributed by atoms with Gasteiger partial charge in [-0.15, -0.1) is 0 Å². The minimum atomic E-state index is 0.831. The average Bonchev–Trinajstić information content (AvgIpc) is 2.94. The molecule has 35 heavy (non-hydrogen) atoms. The first kappa shape index (κ1) is 21.9. The van der Waals surface area contributed by atoms with Crippen LogP contribution in [0.25, 0.3) is 12.2 Å². The number of para-hydroxylation sites is 2. The highest BCUT2D eigenvalue weighted by molar-refractivity contribution is 5.76. The topological polar surface area (TPSA) is 29.0 Å². The largest absolute Gasteiger partial charge is 0.311 e. The van der Waals surface area contributed by atoms with E-state index >= 15 is 0 Å². The van der Waals surface area contributed by atoms with Crippen molar-refractivity contribution in [3.63, 3.8) is 0 Å². The van der Waals surface area contributed by atoms with E-state index in [1.54, 1.807) is 18.6 Å². The van der Waals surface area contributed by atoms with Gasteiger partial charge >= 0.3 is 0 Å². The molecule has 5 rings (SSSR count). The zero-order valence-corrected chi connectivity index (χ0v) is 19.1. The van der Waals surface area contributed by atoms with E-state index in [4.69, 9.17) is 0 Å². The standard InChI is InChI=1S/C32H23N3/c1-3-7-30(8-4-1)35(31-9-5-2-6-10-31)32-21-18-28(19-22-32)16-13-26-11-14-27(15-12-26)17-20-29-25-33-23-24-34-29/h1-12,14-15,17-25H/b20-17+. The van der Waals surface area contributed by atoms with Gasteiger partial charge in [0.2, 0.25) is 0 Å². The fourth-order valence-electron chi connectivity index (χ4n) is 3.70. The number of nitrogens with zero attached hydrogens (tertiary/aromatic N) is 3. The number of rotatable bonds is 5. The van der Waals surface area contributed by atoms with Crippen LogP contribution >= 0.6 is 0 Å². The van der Waals surface area contributed by atoms with Gasteiger partial charge in [-0.05, 0) is 72.3 Å². The molecule has 0 fully saturated rings. The van der Waals surface area contributed by atoms with E-state index in [9.17, 15) is 0 Å². The predicted molar refractivity (Wildman–Crippen MR) is 145 cm³/mol. The van der Waals surface area contributed by atoms with E-state index in [1.807, 2.05) is 36.4 Å². The lowest BCUT2D eigenvalue weighted by atomic mass is 10.1. The Morgan fingerprint density at radius 3 is 1.63 bits per heavy atom. The van der Waals surface area contributed by atoms with Crippen molar-refractivity contribution >= 4 is 29.2 Å². The molecule has 1 aromatic heterocycles. The second-order valence-electron chi connectivity index (χ2n) is 7.89. The Kier molecular flexibility index (Phi) is 6.74. The number of hydrogen-bond donors (Lipinski definition) is 0. The summed E-state index contributed by atoms with van der Waals surface area (Å²) in [5.41, 5.74) is 7.19. The summed E-state index contributed by atoms with van der Waals surface area (Å²) in [6.45, 7) is 0. The molecule has 166 valence electrons. The maximum Gasteiger partial charge on any atom is 0.0813 e. The Morgan fingerprint density at radius 1 is 0.543 bits per heavy atom. The van der Waals surface area contributed by atoms with Crippen LogP contribution in [-0.4, -0.2) is 9.97 Å². The van der Waals surface area contributed by atoms with Crippen molar-refractivity contribution in [2.24, 2.45) is 0 Å². The first-order valence-corrected chi connectivity index (χ1v) is 11.4. The summed E-state index contributed by atoms with van der Waals surface area (Å²) in [7, 11) is 0. The fourth-order valence-corrected chi connectivity index (χ4v) is 3.70. The summed E-state index contributed by atoms with van der Waals surface area (Å²) in [6.07, 6.45) is 9.06. The first-order chi connectivity index (χ1) is 17.3. The van der Waals surface area contributed by atoms with Crippen LogP contribution in [0.3, 0.4) is 0 Å². The minimum Gasteiger partial charge on any atom is -0.311 e. The Hall–Kier alpha value is -4.94. The lowest BCUT2D eigenvalue weighted by Gasteiger charge is -2.25. The molecule has 3 nitrogen and oxygen atoms in total. The maximum atomic E-state index is 4.25. The third-order valence-corrected chi connectivity index (χ3v) is 5.45. The van der Waals surface area contributed by atoms with E-state index in [-0.39, 0.29) is 0 Å². The van der Waals surface area contributed by atoms with Crippen molar-refractivity contribution < 1.29 is 0 Å². The van der Waals surface area contributed by atoms with E-state index in [2.05, 4.69) is 112 Å². The molecule has 0 amide bonds. The molecule has 0 saturated heterocycles. The molecule has 0 aliphatic rings. The van der Waals surface area contributed by atoms with Crippen LogP contribution in [0, 0.1) is 11.8 Å². The Morgan fingerprint density at radius 2 is 1.09 bits per heavy atom. The third kappa shape index (κ3) is 5.71. The fraction of sp³-hybridized carbons (Fsp3) is 0. The minimum absolute atomic E-state index is 0.831. The van der Waals surface area contributed by atoms with Crippen LogP contribution < -0.4 is 4.90 Å². The molecule has 0 atom stereocenters. The molecule has 0 aliphatic heterocycles. The van der Waals surface area contributed by atoms with Crippen LogP contribution in [0.2, 0.25) is 0 Å². The van der Waals surface area contributed by atoms with Crippen LogP contribution in [-0.2, 0) is 0 Å². The molecule has 0 radical (unpaired) electrons. The molecule has 0 spiro atoms. The average molecular weight is 450 g/mol. The van der Waals surface area contributed by atoms with Crippen LogP contribution in [0.1, 0.15) is 22.4 Å². The van der Waals surface area contributed by atoms with Crippen molar-refractivity contribution in [3.05, 3.63) is 150 Å². The zero-order chi connectivity index (χ0) is 23.7. The summed E-state index contributed by atoms with van der Waals surface area (Å²) in [6, 6.07) is 37.3. The summed E-state index contributed by atoms with van der Waals surface area (Å²) < 4.78 is 0. The van der Waals surface area contributed by atoms with Crippen LogP contribution in [0.4, 0.5) is 17.1 Å². The van der Waals surface area contributed by atoms with Crippen molar-refractivity contribution in [3.8, 4) is 11.8 Å². The molecule has 0 N–H and O–H groups in total. The highest BCUT2D eigenvalue weighted by Crippen LogP contribution is 2.33. The van der Waals surface area contributed by atoms with Gasteiger partial charge in [0.05, 0.1) is 11.9 Å². The molecule has 1 heterocycles. The molecular formula is C32H23N3. The smallest absolute Gasteiger partial charge is 0.0813 e. The lowest BCUT2D eigenvalue weighted by molar-refractivity contribution is 1.18. The molecule has 3 heteroatoms. The van der Waals surface area contributed by atoms with Crippen LogP contribution in [0.15, 0.2) is 128 Å². The number of aromatic nitrogens is 2. The van der Waals surface area contributed by atoms with Gasteiger partial charge in [-0.3, -0.25) is 9.97 Å². The molecule has 0 saturated carbocycles. The zero-order valence-electron chi connectivity index (χ0n) is 19.1. The van der Waals surface area contributed by atoms with Crippen LogP contribution in [0.5, 0.6) is 0 Å². The first-order valence-electron chi connectivity index (χ1n) is 11.4. The lowest BCUT2D eigenvalue weighted by Crippen LogP contribution is -2.09. The number of anilines is 3. The summed E-state index contributed by atoms with van der Waals surface area (Å²) in [4.78, 5) is 10.6. The molecular weight excluding hydrogens is 426 g/mol. The molecule has 0 aliphatic carbocycles. The maximum absolute atomic E-state index is 4.25. The van der Waals surface area contributed by atoms with Crippen molar-refractivity contribution in [1.29, 1.82) is 0 Å². The highest BCUT2D eigenvalue weighted by Gasteiger charge is 2.11. The van der Waals surface area contributed by atoms with Crippen molar-refractivity contribution in [2.45, 2.75) is 0 Å². The van der Waals surface area contributed by atoms with Crippen molar-refractivity contribution in [2.75, 3.05) is 4.90 Å². The van der Waals surface area contributed by atoms with Gasteiger partial charge < -0.3 is 4.90 Å². The Labute approximate surface area is 206 Å². The van der Waals surface area contributed by atoms with Gasteiger partial charge in [-0.25, -0.2) is 0 Å². The highest BCUT2D eigenvalue weighted by atomic mass is 15.1. The van der Waals surface area contributed by atoms with Gasteiger partial charge in [0.1, 0.15) is 0 Å². The van der Waals surface area contributed by atoms with E-state index < -0.39 is 0 Å². The predicted octanol–water partition coefficient (Wildman–Crippen LogP) is 7.52. The van der Waals surface area contributed by atoms with E-state index in [1.165, 1.54) is 0 Å². The number of hydrogen-bond acceptors (Lipinski definition) is 3. The molecule has 0 unspecified atom stereocenters. The summed E-state index contributed by atoms with van der Waals surface area (Å²) >= 11 is 0. The Balaban J connectivity index is 1.32. The van der Waals surface area contributed by atoms with E-state index in [0.717, 1.165) is 39.4 Å². The molecule has 4 aromatic carbocycles. The normalized spacial score (nSPS) is 10.5. The molecule has 5 aromatic rings. The third-order valence-electron chi connectivity index (χ3n) is 5.45. The van der Waals surface area contributed by atoms with Gasteiger partial charge in [0, 0.05) is 40.6 Å². The number of benzene rings is 4. The monoisotopic (exact) mass is 449 g/mol. The summed E-state index contributed by atoms with van der Waals surface area (Å²) in [5.74, 6) is 6.54. The van der Waals surface area contributed by atoms with Gasteiger partial charge in [0.25, 0.3) is 0 Å². The quantitative estimate of drug-likeness (QED) is 0.260. The SMILES string of the molecule is C(#Cc1ccc(N(c2ccccc2)c2ccccc2)cc1)c1ccc(/C=C/c2cnccn2)cc1. The van der Waals surface area contributed by atoms with Gasteiger partial charge in [-0.2, -0.15) is 0 Å². The molecule has 0 bridgehead atoms. The Bertz CT molecular complexity index is 1410. The van der Waals surface area contributed by atoms with E-state index in [0.29, 0.717) is 0 Å². The summed E-state index contributed by atoms with van der Waals surface area (Å²) in [5, 5.41) is 0.